The first-order valence-electron chi connectivity index (χ1n) is 5.67. The van der Waals surface area contributed by atoms with Gasteiger partial charge in [0.1, 0.15) is 16.2 Å². The molecule has 0 aromatic carbocycles. The minimum absolute atomic E-state index is 0.214. The van der Waals surface area contributed by atoms with E-state index in [2.05, 4.69) is 28.6 Å². The Kier molecular flexibility index (Phi) is 4.65. The molecule has 4 nitrogen and oxygen atoms in total. The molecule has 102 valence electrons. The van der Waals surface area contributed by atoms with E-state index in [1.807, 2.05) is 0 Å². The van der Waals surface area contributed by atoms with Crippen LogP contribution in [0.15, 0.2) is 11.4 Å². The molecule has 0 N–H and O–H groups in total. The third-order valence-corrected chi connectivity index (χ3v) is 5.36. The number of hydrogen-bond acceptors (Lipinski definition) is 6. The second-order valence-electron chi connectivity index (χ2n) is 4.16. The number of aromatic nitrogens is 2. The minimum Gasteiger partial charge on any atom is -0.468 e. The van der Waals surface area contributed by atoms with Crippen LogP contribution in [0, 0.1) is 0 Å². The highest BCUT2D eigenvalue weighted by Crippen LogP contribution is 2.41. The van der Waals surface area contributed by atoms with Gasteiger partial charge >= 0.3 is 5.97 Å². The maximum atomic E-state index is 11.2. The summed E-state index contributed by atoms with van der Waals surface area (Å²) < 4.78 is 4.62. The van der Waals surface area contributed by atoms with Crippen molar-refractivity contribution in [2.45, 2.75) is 24.8 Å². The lowest BCUT2D eigenvalue weighted by Crippen LogP contribution is -2.03. The van der Waals surface area contributed by atoms with Gasteiger partial charge in [-0.15, -0.1) is 11.3 Å². The molecule has 2 aromatic rings. The fourth-order valence-electron chi connectivity index (χ4n) is 1.56. The van der Waals surface area contributed by atoms with Crippen LogP contribution in [0.4, 0.5) is 0 Å². The first kappa shape index (κ1) is 14.6. The summed E-state index contributed by atoms with van der Waals surface area (Å²) in [6, 6.07) is 0. The van der Waals surface area contributed by atoms with Crippen molar-refractivity contribution >= 4 is 50.9 Å². The number of thioether (sulfide) groups is 1. The number of hydrogen-bond donors (Lipinski definition) is 0. The van der Waals surface area contributed by atoms with Gasteiger partial charge in [0.2, 0.25) is 0 Å². The van der Waals surface area contributed by atoms with Crippen molar-refractivity contribution in [3.63, 3.8) is 0 Å². The van der Waals surface area contributed by atoms with E-state index in [-0.39, 0.29) is 11.7 Å². The molecule has 0 fully saturated rings. The highest BCUT2D eigenvalue weighted by Gasteiger charge is 2.18. The van der Waals surface area contributed by atoms with Crippen LogP contribution in [0.1, 0.15) is 24.6 Å². The summed E-state index contributed by atoms with van der Waals surface area (Å²) in [4.78, 5) is 21.6. The van der Waals surface area contributed by atoms with E-state index in [9.17, 15) is 4.79 Å². The van der Waals surface area contributed by atoms with Crippen LogP contribution in [-0.2, 0) is 9.53 Å². The molecule has 0 radical (unpaired) electrons. The number of carbonyl (C=O) groups is 1. The van der Waals surface area contributed by atoms with Crippen molar-refractivity contribution in [3.8, 4) is 0 Å². The number of carbonyl (C=O) groups excluding carboxylic acids is 1. The zero-order valence-corrected chi connectivity index (χ0v) is 13.2. The second kappa shape index (κ2) is 6.07. The lowest BCUT2D eigenvalue weighted by Gasteiger charge is -2.02. The number of rotatable bonds is 4. The lowest BCUT2D eigenvalue weighted by molar-refractivity contribution is -0.137. The molecule has 0 amide bonds. The Hall–Kier alpha value is -0.850. The molecule has 7 heteroatoms. The molecule has 0 unspecified atom stereocenters. The molecule has 2 rings (SSSR count). The second-order valence-corrected chi connectivity index (χ2v) is 6.53. The van der Waals surface area contributed by atoms with E-state index in [0.29, 0.717) is 10.9 Å². The molecular weight excluding hydrogens is 304 g/mol. The maximum absolute atomic E-state index is 11.2. The number of fused-ring (bicyclic) bond motifs is 1. The van der Waals surface area contributed by atoms with Crippen LogP contribution in [0.3, 0.4) is 0 Å². The largest absolute Gasteiger partial charge is 0.468 e. The highest BCUT2D eigenvalue weighted by atomic mass is 35.5. The van der Waals surface area contributed by atoms with E-state index in [1.54, 1.807) is 11.3 Å². The normalized spacial score (nSPS) is 11.2. The van der Waals surface area contributed by atoms with Crippen molar-refractivity contribution in [1.29, 1.82) is 0 Å². The van der Waals surface area contributed by atoms with Crippen molar-refractivity contribution in [2.24, 2.45) is 0 Å². The first-order valence-corrected chi connectivity index (χ1v) is 7.85. The summed E-state index contributed by atoms with van der Waals surface area (Å²) in [5.74, 6) is 0.267. The summed E-state index contributed by atoms with van der Waals surface area (Å²) in [6.45, 7) is 4.18. The zero-order valence-electron chi connectivity index (χ0n) is 10.8. The quantitative estimate of drug-likeness (QED) is 0.488. The van der Waals surface area contributed by atoms with Crippen LogP contribution in [0.5, 0.6) is 0 Å². The Bertz CT molecular complexity index is 613. The van der Waals surface area contributed by atoms with Crippen LogP contribution >= 0.6 is 34.7 Å². The van der Waals surface area contributed by atoms with Crippen molar-refractivity contribution in [3.05, 3.63) is 16.2 Å². The van der Waals surface area contributed by atoms with Crippen LogP contribution in [0.2, 0.25) is 5.02 Å². The fraction of sp³-hybridized carbons (Fsp3) is 0.417. The maximum Gasteiger partial charge on any atom is 0.316 e. The molecule has 0 bridgehead atoms. The smallest absolute Gasteiger partial charge is 0.316 e. The number of esters is 1. The number of nitrogens with zero attached hydrogens (tertiary/aromatic N) is 2. The summed E-state index contributed by atoms with van der Waals surface area (Å²) in [5.41, 5.74) is 0. The summed E-state index contributed by atoms with van der Waals surface area (Å²) in [6.07, 6.45) is 1.50. The molecule has 0 saturated carbocycles. The van der Waals surface area contributed by atoms with Gasteiger partial charge in [-0.05, 0) is 5.92 Å². The standard InChI is InChI=1S/C12H13ClN2O2S2/c1-6(2)10-9(13)8-11(18-4-7(16)17-3)14-5-15-12(8)19-10/h5-6H,4H2,1-3H3. The van der Waals surface area contributed by atoms with Crippen LogP contribution in [0.25, 0.3) is 10.2 Å². The van der Waals surface area contributed by atoms with Crippen LogP contribution in [-0.4, -0.2) is 28.8 Å². The minimum atomic E-state index is -0.285. The molecule has 2 aromatic heterocycles. The van der Waals surface area contributed by atoms with Crippen LogP contribution < -0.4 is 0 Å². The topological polar surface area (TPSA) is 52.1 Å². The van der Waals surface area contributed by atoms with Crippen molar-refractivity contribution < 1.29 is 9.53 Å². The third-order valence-electron chi connectivity index (χ3n) is 2.50. The average Bonchev–Trinajstić information content (AvgIpc) is 2.74. The SMILES string of the molecule is COC(=O)CSc1ncnc2sc(C(C)C)c(Cl)c12. The predicted octanol–water partition coefficient (Wildman–Crippen LogP) is 3.73. The monoisotopic (exact) mass is 316 g/mol. The summed E-state index contributed by atoms with van der Waals surface area (Å²) in [5, 5.41) is 2.26. The van der Waals surface area contributed by atoms with Crippen molar-refractivity contribution in [1.82, 2.24) is 9.97 Å². The van der Waals surface area contributed by atoms with E-state index in [4.69, 9.17) is 11.6 Å². The Labute approximate surface area is 124 Å². The highest BCUT2D eigenvalue weighted by molar-refractivity contribution is 8.00. The van der Waals surface area contributed by atoms with Gasteiger partial charge in [-0.3, -0.25) is 4.79 Å². The molecule has 0 aliphatic heterocycles. The molecule has 0 atom stereocenters. The molecular formula is C12H13ClN2O2S2. The Morgan fingerprint density at radius 2 is 2.26 bits per heavy atom. The van der Waals surface area contributed by atoms with Gasteiger partial charge in [0, 0.05) is 4.88 Å². The molecule has 0 aliphatic carbocycles. The van der Waals surface area contributed by atoms with E-state index in [1.165, 1.54) is 25.2 Å². The number of methoxy groups -OCH3 is 1. The fourth-order valence-corrected chi connectivity index (χ4v) is 4.12. The average molecular weight is 317 g/mol. The van der Waals surface area contributed by atoms with E-state index >= 15 is 0 Å². The predicted molar refractivity (Wildman–Crippen MR) is 79.3 cm³/mol. The number of ether oxygens (including phenoxy) is 1. The van der Waals surface area contributed by atoms with E-state index < -0.39 is 0 Å². The van der Waals surface area contributed by atoms with Crippen molar-refractivity contribution in [2.75, 3.05) is 12.9 Å². The van der Waals surface area contributed by atoms with E-state index in [0.717, 1.165) is 20.1 Å². The molecule has 0 spiro atoms. The zero-order chi connectivity index (χ0) is 14.0. The molecule has 2 heterocycles. The Balaban J connectivity index is 2.41. The number of halogens is 1. The first-order chi connectivity index (χ1) is 9.04. The van der Waals surface area contributed by atoms with Gasteiger partial charge in [0.25, 0.3) is 0 Å². The molecule has 0 saturated heterocycles. The Morgan fingerprint density at radius 1 is 1.53 bits per heavy atom. The third kappa shape index (κ3) is 3.01. The summed E-state index contributed by atoms with van der Waals surface area (Å²) in [7, 11) is 1.37. The van der Waals surface area contributed by atoms with Gasteiger partial charge in [0.15, 0.2) is 0 Å². The van der Waals surface area contributed by atoms with Gasteiger partial charge in [-0.2, -0.15) is 0 Å². The molecule has 19 heavy (non-hydrogen) atoms. The van der Waals surface area contributed by atoms with Gasteiger partial charge in [-0.25, -0.2) is 9.97 Å². The summed E-state index contributed by atoms with van der Waals surface area (Å²) >= 11 is 9.30. The van der Waals surface area contributed by atoms with Gasteiger partial charge in [-0.1, -0.05) is 37.2 Å². The van der Waals surface area contributed by atoms with Gasteiger partial charge in [0.05, 0.1) is 23.3 Å². The number of thiophene rings is 1. The van der Waals surface area contributed by atoms with Gasteiger partial charge < -0.3 is 4.74 Å². The molecule has 0 aliphatic rings. The Morgan fingerprint density at radius 3 is 2.89 bits per heavy atom. The lowest BCUT2D eigenvalue weighted by atomic mass is 10.2.